The fraction of sp³-hybridized carbons (Fsp3) is 0.150. The first-order valence-corrected chi connectivity index (χ1v) is 7.92. The molecule has 0 spiro atoms. The molecule has 134 valence electrons. The van der Waals surface area contributed by atoms with Gasteiger partial charge in [0.25, 0.3) is 0 Å². The van der Waals surface area contributed by atoms with Crippen LogP contribution in [0, 0.1) is 0 Å². The van der Waals surface area contributed by atoms with E-state index < -0.39 is 17.3 Å². The molecule has 0 fully saturated rings. The van der Waals surface area contributed by atoms with Crippen molar-refractivity contribution >= 4 is 11.0 Å². The van der Waals surface area contributed by atoms with Crippen LogP contribution in [0.1, 0.15) is 12.5 Å². The minimum absolute atomic E-state index is 0.00150. The molecule has 0 aliphatic heterocycles. The monoisotopic (exact) mass is 354 g/mol. The van der Waals surface area contributed by atoms with E-state index in [1.54, 1.807) is 19.1 Å². The topological polar surface area (TPSA) is 111 Å². The molecule has 0 amide bonds. The molecule has 4 N–H and O–H groups in total. The number of phenolic OH excluding ortho intramolecular Hbond substituents is 3. The number of aromatic hydroxyl groups is 3. The normalized spacial score (nSPS) is 12.2. The van der Waals surface area contributed by atoms with Gasteiger partial charge in [-0.15, -0.1) is 0 Å². The molecule has 0 saturated carbocycles. The second-order valence-corrected chi connectivity index (χ2v) is 6.19. The summed E-state index contributed by atoms with van der Waals surface area (Å²) in [5.74, 6) is -0.422. The number of hydrogen-bond acceptors (Lipinski definition) is 6. The molecule has 0 unspecified atom stereocenters. The van der Waals surface area contributed by atoms with Crippen molar-refractivity contribution in [2.75, 3.05) is 0 Å². The molecule has 0 aliphatic rings. The fourth-order valence-corrected chi connectivity index (χ4v) is 2.69. The molecule has 1 aromatic heterocycles. The van der Waals surface area contributed by atoms with Crippen LogP contribution in [0.2, 0.25) is 0 Å². The standard InChI is InChI=1S/C20H18O6/c1-10(2)14(22)7-13-15(23)8-16(24)19-17(25)9-18(26-20(13)19)11-3-5-12(21)6-4-11/h3-6,8-9,14,21-24H,1,7H2,2H3/t14-/m1/s1. The van der Waals surface area contributed by atoms with E-state index in [2.05, 4.69) is 6.58 Å². The zero-order valence-corrected chi connectivity index (χ0v) is 14.1. The first-order valence-electron chi connectivity index (χ1n) is 7.92. The lowest BCUT2D eigenvalue weighted by Crippen LogP contribution is -2.12. The number of rotatable bonds is 4. The SMILES string of the molecule is C=C(C)[C@H](O)Cc1c(O)cc(O)c2c(=O)cc(-c3ccc(O)cc3)oc12. The van der Waals surface area contributed by atoms with E-state index in [0.29, 0.717) is 11.1 Å². The van der Waals surface area contributed by atoms with Crippen molar-refractivity contribution < 1.29 is 24.8 Å². The predicted octanol–water partition coefficient (Wildman–Crippen LogP) is 3.06. The van der Waals surface area contributed by atoms with Crippen LogP contribution < -0.4 is 5.43 Å². The van der Waals surface area contributed by atoms with E-state index in [4.69, 9.17) is 4.42 Å². The maximum atomic E-state index is 12.5. The van der Waals surface area contributed by atoms with Gasteiger partial charge in [0.2, 0.25) is 0 Å². The summed E-state index contributed by atoms with van der Waals surface area (Å²) in [6.07, 6.45) is -0.976. The van der Waals surface area contributed by atoms with E-state index in [9.17, 15) is 25.2 Å². The van der Waals surface area contributed by atoms with Gasteiger partial charge in [0.1, 0.15) is 34.0 Å². The molecule has 1 heterocycles. The van der Waals surface area contributed by atoms with E-state index >= 15 is 0 Å². The summed E-state index contributed by atoms with van der Waals surface area (Å²) in [6, 6.07) is 8.33. The summed E-state index contributed by atoms with van der Waals surface area (Å²) in [5, 5.41) is 39.7. The molecule has 2 aromatic carbocycles. The molecule has 6 heteroatoms. The first-order chi connectivity index (χ1) is 12.3. The van der Waals surface area contributed by atoms with E-state index in [0.717, 1.165) is 6.07 Å². The molecular formula is C20H18O6. The van der Waals surface area contributed by atoms with E-state index in [1.165, 1.54) is 18.2 Å². The molecule has 1 atom stereocenters. The Labute approximate surface area is 148 Å². The highest BCUT2D eigenvalue weighted by atomic mass is 16.3. The summed E-state index contributed by atoms with van der Waals surface area (Å²) in [7, 11) is 0. The first kappa shape index (κ1) is 17.6. The number of benzene rings is 2. The summed E-state index contributed by atoms with van der Waals surface area (Å²) in [5.41, 5.74) is 0.737. The van der Waals surface area contributed by atoms with Gasteiger partial charge in [0, 0.05) is 29.7 Å². The lowest BCUT2D eigenvalue weighted by molar-refractivity contribution is 0.210. The Morgan fingerprint density at radius 1 is 1.12 bits per heavy atom. The van der Waals surface area contributed by atoms with Crippen molar-refractivity contribution in [2.45, 2.75) is 19.4 Å². The minimum atomic E-state index is -0.948. The third-order valence-corrected chi connectivity index (χ3v) is 4.18. The highest BCUT2D eigenvalue weighted by molar-refractivity contribution is 5.89. The number of aliphatic hydroxyl groups excluding tert-OH is 1. The number of phenols is 3. The third kappa shape index (κ3) is 3.14. The van der Waals surface area contributed by atoms with Crippen molar-refractivity contribution in [3.63, 3.8) is 0 Å². The largest absolute Gasteiger partial charge is 0.508 e. The van der Waals surface area contributed by atoms with E-state index in [1.807, 2.05) is 0 Å². The van der Waals surface area contributed by atoms with Crippen LogP contribution in [0.5, 0.6) is 17.2 Å². The summed E-state index contributed by atoms with van der Waals surface area (Å²) in [4.78, 5) is 12.5. The lowest BCUT2D eigenvalue weighted by Gasteiger charge is -2.14. The second kappa shape index (κ2) is 6.57. The van der Waals surface area contributed by atoms with Gasteiger partial charge < -0.3 is 24.8 Å². The highest BCUT2D eigenvalue weighted by Gasteiger charge is 2.20. The maximum Gasteiger partial charge on any atom is 0.197 e. The molecule has 0 radical (unpaired) electrons. The Kier molecular flexibility index (Phi) is 4.44. The molecule has 3 rings (SSSR count). The predicted molar refractivity (Wildman–Crippen MR) is 97.4 cm³/mol. The molecule has 6 nitrogen and oxygen atoms in total. The summed E-state index contributed by atoms with van der Waals surface area (Å²) in [6.45, 7) is 5.31. The molecule has 3 aromatic rings. The highest BCUT2D eigenvalue weighted by Crippen LogP contribution is 2.36. The lowest BCUT2D eigenvalue weighted by atomic mass is 9.99. The van der Waals surface area contributed by atoms with Gasteiger partial charge in [-0.3, -0.25) is 4.79 Å². The number of hydrogen-bond donors (Lipinski definition) is 4. The molecular weight excluding hydrogens is 336 g/mol. The van der Waals surface area contributed by atoms with Gasteiger partial charge in [0.05, 0.1) is 6.10 Å². The Morgan fingerprint density at radius 2 is 1.77 bits per heavy atom. The van der Waals surface area contributed by atoms with Crippen LogP contribution in [0.3, 0.4) is 0 Å². The zero-order chi connectivity index (χ0) is 19.0. The van der Waals surface area contributed by atoms with Crippen molar-refractivity contribution in [3.05, 3.63) is 64.3 Å². The van der Waals surface area contributed by atoms with Crippen molar-refractivity contribution in [1.82, 2.24) is 0 Å². The minimum Gasteiger partial charge on any atom is -0.508 e. The number of fused-ring (bicyclic) bond motifs is 1. The Morgan fingerprint density at radius 3 is 2.38 bits per heavy atom. The van der Waals surface area contributed by atoms with Crippen LogP contribution in [0.15, 0.2) is 57.8 Å². The molecule has 26 heavy (non-hydrogen) atoms. The van der Waals surface area contributed by atoms with E-state index in [-0.39, 0.29) is 40.2 Å². The van der Waals surface area contributed by atoms with Crippen LogP contribution >= 0.6 is 0 Å². The Bertz CT molecular complexity index is 1050. The van der Waals surface area contributed by atoms with Crippen LogP contribution in [-0.2, 0) is 6.42 Å². The average molecular weight is 354 g/mol. The maximum absolute atomic E-state index is 12.5. The third-order valence-electron chi connectivity index (χ3n) is 4.18. The molecule has 0 saturated heterocycles. The Hall–Kier alpha value is -3.25. The van der Waals surface area contributed by atoms with Gasteiger partial charge in [-0.1, -0.05) is 12.2 Å². The van der Waals surface area contributed by atoms with Gasteiger partial charge in [-0.05, 0) is 31.2 Å². The molecule has 0 bridgehead atoms. The van der Waals surface area contributed by atoms with Crippen LogP contribution in [-0.4, -0.2) is 26.5 Å². The van der Waals surface area contributed by atoms with Crippen LogP contribution in [0.25, 0.3) is 22.3 Å². The van der Waals surface area contributed by atoms with Crippen molar-refractivity contribution in [3.8, 4) is 28.6 Å². The van der Waals surface area contributed by atoms with Gasteiger partial charge >= 0.3 is 0 Å². The quantitative estimate of drug-likeness (QED) is 0.536. The molecule has 0 aliphatic carbocycles. The van der Waals surface area contributed by atoms with Gasteiger partial charge in [-0.25, -0.2) is 0 Å². The summed E-state index contributed by atoms with van der Waals surface area (Å²) >= 11 is 0. The summed E-state index contributed by atoms with van der Waals surface area (Å²) < 4.78 is 5.80. The second-order valence-electron chi connectivity index (χ2n) is 6.19. The van der Waals surface area contributed by atoms with Crippen molar-refractivity contribution in [1.29, 1.82) is 0 Å². The Balaban J connectivity index is 2.28. The van der Waals surface area contributed by atoms with Gasteiger partial charge in [0.15, 0.2) is 5.43 Å². The van der Waals surface area contributed by atoms with Gasteiger partial charge in [-0.2, -0.15) is 0 Å². The average Bonchev–Trinajstić information content (AvgIpc) is 2.58. The fourth-order valence-electron chi connectivity index (χ4n) is 2.69. The smallest absolute Gasteiger partial charge is 0.197 e. The van der Waals surface area contributed by atoms with Crippen molar-refractivity contribution in [2.24, 2.45) is 0 Å². The van der Waals surface area contributed by atoms with Crippen LogP contribution in [0.4, 0.5) is 0 Å². The zero-order valence-electron chi connectivity index (χ0n) is 14.1. The number of aliphatic hydroxyl groups is 1.